The lowest BCUT2D eigenvalue weighted by Crippen LogP contribution is -2.57. The summed E-state index contributed by atoms with van der Waals surface area (Å²) in [5.74, 6) is 3.58. The molecular formula is C10H18N4O3. The maximum Gasteiger partial charge on any atom is 0.312 e. The van der Waals surface area contributed by atoms with Crippen LogP contribution in [0, 0.1) is 0 Å². The third-order valence-corrected chi connectivity index (χ3v) is 2.90. The van der Waals surface area contributed by atoms with E-state index in [1.54, 1.807) is 6.92 Å². The molecule has 1 heterocycles. The van der Waals surface area contributed by atoms with E-state index >= 15 is 0 Å². The molecule has 3 amide bonds. The average Bonchev–Trinajstić information content (AvgIpc) is 2.32. The van der Waals surface area contributed by atoms with Gasteiger partial charge < -0.3 is 9.80 Å². The number of hydrazine groups is 1. The smallest absolute Gasteiger partial charge is 0.312 e. The van der Waals surface area contributed by atoms with Crippen molar-refractivity contribution in [2.24, 2.45) is 5.84 Å². The van der Waals surface area contributed by atoms with E-state index in [2.05, 4.69) is 0 Å². The number of rotatable bonds is 4. The molecule has 7 heteroatoms. The highest BCUT2D eigenvalue weighted by Crippen LogP contribution is 2.11. The summed E-state index contributed by atoms with van der Waals surface area (Å²) < 4.78 is 0. The number of hydrogen-bond acceptors (Lipinski definition) is 4. The summed E-state index contributed by atoms with van der Waals surface area (Å²) in [7, 11) is 0. The molecule has 1 saturated heterocycles. The van der Waals surface area contributed by atoms with Gasteiger partial charge in [0.2, 0.25) is 5.91 Å². The lowest BCUT2D eigenvalue weighted by atomic mass is 10.1. The molecule has 1 aliphatic rings. The Hall–Kier alpha value is -1.63. The van der Waals surface area contributed by atoms with E-state index in [0.717, 1.165) is 0 Å². The number of nitrogens with two attached hydrogens (primary N) is 1. The normalized spacial score (nSPS) is 18.3. The number of piperazine rings is 1. The van der Waals surface area contributed by atoms with Crippen molar-refractivity contribution in [2.75, 3.05) is 19.6 Å². The first-order valence-corrected chi connectivity index (χ1v) is 5.60. The molecule has 7 nitrogen and oxygen atoms in total. The molecule has 0 spiro atoms. The van der Waals surface area contributed by atoms with Crippen LogP contribution in [0.5, 0.6) is 0 Å². The molecule has 17 heavy (non-hydrogen) atoms. The molecule has 1 aliphatic heterocycles. The highest BCUT2D eigenvalue weighted by atomic mass is 16.2. The van der Waals surface area contributed by atoms with Gasteiger partial charge in [-0.05, 0) is 13.8 Å². The van der Waals surface area contributed by atoms with E-state index in [9.17, 15) is 14.4 Å². The van der Waals surface area contributed by atoms with Crippen molar-refractivity contribution in [3.05, 3.63) is 0 Å². The fourth-order valence-electron chi connectivity index (χ4n) is 1.85. The Labute approximate surface area is 99.9 Å². The first-order valence-electron chi connectivity index (χ1n) is 5.60. The number of likely N-dealkylation sites (N-methyl/N-ethyl adjacent to an activating group) is 1. The van der Waals surface area contributed by atoms with Crippen LogP contribution in [0.2, 0.25) is 0 Å². The zero-order chi connectivity index (χ0) is 13.0. The Balaban J connectivity index is 2.64. The summed E-state index contributed by atoms with van der Waals surface area (Å²) >= 11 is 0. The van der Waals surface area contributed by atoms with Gasteiger partial charge in [-0.15, -0.1) is 0 Å². The number of carbonyl (C=O) groups excluding carboxylic acids is 3. The maximum absolute atomic E-state index is 11.8. The summed E-state index contributed by atoms with van der Waals surface area (Å²) in [4.78, 5) is 37.4. The van der Waals surface area contributed by atoms with Crippen LogP contribution < -0.4 is 11.3 Å². The van der Waals surface area contributed by atoms with E-state index in [4.69, 9.17) is 5.84 Å². The van der Waals surface area contributed by atoms with Crippen molar-refractivity contribution in [2.45, 2.75) is 26.3 Å². The summed E-state index contributed by atoms with van der Waals surface area (Å²) in [5.41, 5.74) is 2.01. The number of nitrogens with one attached hydrogen (secondary N) is 1. The third-order valence-electron chi connectivity index (χ3n) is 2.90. The summed E-state index contributed by atoms with van der Waals surface area (Å²) in [5, 5.41) is 0. The molecule has 0 radical (unpaired) electrons. The third kappa shape index (κ3) is 2.94. The van der Waals surface area contributed by atoms with Gasteiger partial charge in [0.15, 0.2) is 0 Å². The van der Waals surface area contributed by atoms with Crippen molar-refractivity contribution in [3.8, 4) is 0 Å². The van der Waals surface area contributed by atoms with Crippen LogP contribution in [-0.2, 0) is 14.4 Å². The highest BCUT2D eigenvalue weighted by molar-refractivity contribution is 6.35. The van der Waals surface area contributed by atoms with Crippen molar-refractivity contribution < 1.29 is 14.4 Å². The zero-order valence-electron chi connectivity index (χ0n) is 10.1. The van der Waals surface area contributed by atoms with Crippen molar-refractivity contribution >= 4 is 17.7 Å². The van der Waals surface area contributed by atoms with Crippen LogP contribution >= 0.6 is 0 Å². The van der Waals surface area contributed by atoms with Gasteiger partial charge >= 0.3 is 11.8 Å². The molecule has 96 valence electrons. The first-order chi connectivity index (χ1) is 8.01. The molecular weight excluding hydrogens is 224 g/mol. The van der Waals surface area contributed by atoms with E-state index < -0.39 is 11.8 Å². The van der Waals surface area contributed by atoms with E-state index in [-0.39, 0.29) is 18.4 Å². The molecule has 0 aromatic rings. The van der Waals surface area contributed by atoms with E-state index in [1.165, 1.54) is 9.80 Å². The van der Waals surface area contributed by atoms with Crippen LogP contribution in [0.4, 0.5) is 0 Å². The minimum atomic E-state index is -0.546. The first kappa shape index (κ1) is 13.4. The maximum atomic E-state index is 11.8. The molecule has 1 atom stereocenters. The summed E-state index contributed by atoms with van der Waals surface area (Å²) in [6.45, 7) is 5.04. The van der Waals surface area contributed by atoms with Gasteiger partial charge in [0.05, 0.1) is 0 Å². The Bertz CT molecular complexity index is 332. The Kier molecular flexibility index (Phi) is 4.45. The molecule has 3 N–H and O–H groups in total. The quantitative estimate of drug-likeness (QED) is 0.270. The van der Waals surface area contributed by atoms with Gasteiger partial charge in [-0.25, -0.2) is 5.84 Å². The minimum absolute atomic E-state index is 0.0989. The number of hydrogen-bond donors (Lipinski definition) is 2. The number of carbonyl (C=O) groups is 3. The van der Waals surface area contributed by atoms with Gasteiger partial charge in [0.25, 0.3) is 0 Å². The monoisotopic (exact) mass is 242 g/mol. The van der Waals surface area contributed by atoms with Gasteiger partial charge in [0.1, 0.15) is 0 Å². The minimum Gasteiger partial charge on any atom is -0.333 e. The second-order valence-corrected chi connectivity index (χ2v) is 4.00. The van der Waals surface area contributed by atoms with Crippen molar-refractivity contribution in [1.29, 1.82) is 0 Å². The fourth-order valence-corrected chi connectivity index (χ4v) is 1.85. The van der Waals surface area contributed by atoms with E-state index in [1.807, 2.05) is 12.3 Å². The molecule has 0 aromatic heterocycles. The molecule has 0 saturated carbocycles. The molecule has 1 unspecified atom stereocenters. The predicted octanol–water partition coefficient (Wildman–Crippen LogP) is -1.55. The highest BCUT2D eigenvalue weighted by Gasteiger charge is 2.34. The van der Waals surface area contributed by atoms with Crippen LogP contribution in [0.3, 0.4) is 0 Å². The average molecular weight is 242 g/mol. The zero-order valence-corrected chi connectivity index (χ0v) is 10.1. The number of amides is 3. The summed E-state index contributed by atoms with van der Waals surface area (Å²) in [6, 6.07) is -0.325. The van der Waals surface area contributed by atoms with Crippen molar-refractivity contribution in [1.82, 2.24) is 15.2 Å². The van der Waals surface area contributed by atoms with Gasteiger partial charge in [-0.2, -0.15) is 0 Å². The topological polar surface area (TPSA) is 95.7 Å². The standard InChI is InChI=1S/C10H18N4O3/c1-3-13-4-5-14(10(17)9(13)16)7(2)6-8(15)12-11/h7H,3-6,11H2,1-2H3,(H,12,15). The molecule has 0 aliphatic carbocycles. The van der Waals surface area contributed by atoms with Gasteiger partial charge in [-0.1, -0.05) is 0 Å². The van der Waals surface area contributed by atoms with Crippen LogP contribution in [-0.4, -0.2) is 53.2 Å². The van der Waals surface area contributed by atoms with Crippen molar-refractivity contribution in [3.63, 3.8) is 0 Å². The molecule has 0 bridgehead atoms. The second kappa shape index (κ2) is 5.62. The van der Waals surface area contributed by atoms with Gasteiger partial charge in [-0.3, -0.25) is 19.8 Å². The Morgan fingerprint density at radius 1 is 1.41 bits per heavy atom. The van der Waals surface area contributed by atoms with Crippen LogP contribution in [0.25, 0.3) is 0 Å². The lowest BCUT2D eigenvalue weighted by Gasteiger charge is -2.36. The molecule has 1 rings (SSSR count). The van der Waals surface area contributed by atoms with E-state index in [0.29, 0.717) is 19.6 Å². The fraction of sp³-hybridized carbons (Fsp3) is 0.700. The van der Waals surface area contributed by atoms with Crippen LogP contribution in [0.15, 0.2) is 0 Å². The predicted molar refractivity (Wildman–Crippen MR) is 60.4 cm³/mol. The Morgan fingerprint density at radius 2 is 2.06 bits per heavy atom. The SMILES string of the molecule is CCN1CCN(C(C)CC(=O)NN)C(=O)C1=O. The number of nitrogens with zero attached hydrogens (tertiary/aromatic N) is 2. The Morgan fingerprint density at radius 3 is 2.59 bits per heavy atom. The largest absolute Gasteiger partial charge is 0.333 e. The lowest BCUT2D eigenvalue weighted by molar-refractivity contribution is -0.157. The van der Waals surface area contributed by atoms with Gasteiger partial charge in [0, 0.05) is 32.1 Å². The molecule has 0 aromatic carbocycles. The van der Waals surface area contributed by atoms with Crippen LogP contribution in [0.1, 0.15) is 20.3 Å². The molecule has 1 fully saturated rings. The second-order valence-electron chi connectivity index (χ2n) is 4.00. The summed E-state index contributed by atoms with van der Waals surface area (Å²) in [6.07, 6.45) is 0.0989.